The summed E-state index contributed by atoms with van der Waals surface area (Å²) in [5.41, 5.74) is 2.26. The van der Waals surface area contributed by atoms with Crippen molar-refractivity contribution in [3.05, 3.63) is 63.9 Å². The molecule has 0 radical (unpaired) electrons. The predicted octanol–water partition coefficient (Wildman–Crippen LogP) is 5.68. The molecule has 2 aromatic carbocycles. The maximum absolute atomic E-state index is 13.1. The molecule has 0 heterocycles. The van der Waals surface area contributed by atoms with E-state index in [0.717, 1.165) is 17.7 Å². The summed E-state index contributed by atoms with van der Waals surface area (Å²) < 4.78 is 19.3. The average molecular weight is 337 g/mol. The maximum Gasteiger partial charge on any atom is 0.137 e. The van der Waals surface area contributed by atoms with Crippen molar-refractivity contribution in [3.8, 4) is 5.75 Å². The van der Waals surface area contributed by atoms with Crippen LogP contribution in [0.1, 0.15) is 37.3 Å². The molecule has 0 N–H and O–H groups in total. The zero-order valence-electron chi connectivity index (χ0n) is 11.7. The Bertz CT molecular complexity index is 566. The van der Waals surface area contributed by atoms with E-state index in [-0.39, 0.29) is 5.82 Å². The van der Waals surface area contributed by atoms with Crippen molar-refractivity contribution in [1.82, 2.24) is 0 Å². The van der Waals surface area contributed by atoms with Gasteiger partial charge >= 0.3 is 0 Å². The summed E-state index contributed by atoms with van der Waals surface area (Å²) in [5, 5.41) is 0. The molecule has 2 rings (SSSR count). The summed E-state index contributed by atoms with van der Waals surface area (Å²) in [4.78, 5) is 0. The number of halogens is 2. The molecular formula is C17H18BrFO. The van der Waals surface area contributed by atoms with Gasteiger partial charge < -0.3 is 4.74 Å². The second-order valence-corrected chi connectivity index (χ2v) is 5.77. The quantitative estimate of drug-likeness (QED) is 0.682. The Hall–Kier alpha value is -1.35. The smallest absolute Gasteiger partial charge is 0.137 e. The molecule has 106 valence electrons. The van der Waals surface area contributed by atoms with Crippen molar-refractivity contribution in [1.29, 1.82) is 0 Å². The monoisotopic (exact) mass is 336 g/mol. The van der Waals surface area contributed by atoms with Gasteiger partial charge in [0, 0.05) is 0 Å². The highest BCUT2D eigenvalue weighted by Crippen LogP contribution is 2.23. The van der Waals surface area contributed by atoms with E-state index in [1.807, 2.05) is 12.1 Å². The third-order valence-corrected chi connectivity index (χ3v) is 4.06. The molecule has 1 atom stereocenters. The van der Waals surface area contributed by atoms with Crippen LogP contribution in [-0.2, 0) is 6.61 Å². The minimum Gasteiger partial charge on any atom is -0.489 e. The van der Waals surface area contributed by atoms with Crippen LogP contribution in [0, 0.1) is 5.82 Å². The summed E-state index contributed by atoms with van der Waals surface area (Å²) >= 11 is 3.18. The van der Waals surface area contributed by atoms with Crippen molar-refractivity contribution in [2.24, 2.45) is 0 Å². The molecule has 0 bridgehead atoms. The van der Waals surface area contributed by atoms with Gasteiger partial charge in [-0.15, -0.1) is 0 Å². The molecule has 0 saturated carbocycles. The van der Waals surface area contributed by atoms with E-state index in [2.05, 4.69) is 41.9 Å². The molecule has 0 aliphatic carbocycles. The molecule has 3 heteroatoms. The van der Waals surface area contributed by atoms with Gasteiger partial charge in [0.15, 0.2) is 0 Å². The van der Waals surface area contributed by atoms with Crippen molar-refractivity contribution in [2.45, 2.75) is 32.8 Å². The minimum absolute atomic E-state index is 0.258. The van der Waals surface area contributed by atoms with Crippen LogP contribution >= 0.6 is 15.9 Å². The van der Waals surface area contributed by atoms with Gasteiger partial charge in [-0.05, 0) is 63.7 Å². The molecule has 0 fully saturated rings. The number of benzene rings is 2. The summed E-state index contributed by atoms with van der Waals surface area (Å²) in [6, 6.07) is 13.1. The van der Waals surface area contributed by atoms with Gasteiger partial charge in [-0.2, -0.15) is 0 Å². The molecule has 0 saturated heterocycles. The molecule has 0 aliphatic rings. The topological polar surface area (TPSA) is 9.23 Å². The fraction of sp³-hybridized carbons (Fsp3) is 0.294. The Morgan fingerprint density at radius 2 is 1.85 bits per heavy atom. The lowest BCUT2D eigenvalue weighted by Gasteiger charge is -2.11. The summed E-state index contributed by atoms with van der Waals surface area (Å²) in [6.45, 7) is 4.83. The van der Waals surface area contributed by atoms with E-state index in [1.54, 1.807) is 12.1 Å². The zero-order chi connectivity index (χ0) is 14.5. The highest BCUT2D eigenvalue weighted by Gasteiger charge is 2.04. The van der Waals surface area contributed by atoms with Gasteiger partial charge in [-0.3, -0.25) is 0 Å². The van der Waals surface area contributed by atoms with Gasteiger partial charge in [-0.1, -0.05) is 32.0 Å². The first-order valence-electron chi connectivity index (χ1n) is 6.77. The molecular weight excluding hydrogens is 319 g/mol. The van der Waals surface area contributed by atoms with Crippen LogP contribution < -0.4 is 4.74 Å². The molecule has 0 amide bonds. The van der Waals surface area contributed by atoms with Gasteiger partial charge in [-0.25, -0.2) is 4.39 Å². The van der Waals surface area contributed by atoms with Crippen LogP contribution in [0.2, 0.25) is 0 Å². The highest BCUT2D eigenvalue weighted by molar-refractivity contribution is 9.10. The molecule has 0 aromatic heterocycles. The molecule has 1 nitrogen and oxygen atoms in total. The molecule has 1 unspecified atom stereocenters. The first-order valence-corrected chi connectivity index (χ1v) is 7.56. The Kier molecular flexibility index (Phi) is 5.18. The summed E-state index contributed by atoms with van der Waals surface area (Å²) in [5.74, 6) is 1.14. The highest BCUT2D eigenvalue weighted by atomic mass is 79.9. The van der Waals surface area contributed by atoms with E-state index in [0.29, 0.717) is 17.0 Å². The van der Waals surface area contributed by atoms with E-state index in [1.165, 1.54) is 11.6 Å². The summed E-state index contributed by atoms with van der Waals surface area (Å²) in [6.07, 6.45) is 1.13. The number of hydrogen-bond donors (Lipinski definition) is 0. The summed E-state index contributed by atoms with van der Waals surface area (Å²) in [7, 11) is 0. The SMILES string of the molecule is CCC(C)c1ccc(OCc2ccc(F)c(Br)c2)cc1. The number of ether oxygens (including phenoxy) is 1. The Morgan fingerprint density at radius 3 is 2.45 bits per heavy atom. The second-order valence-electron chi connectivity index (χ2n) is 4.92. The van der Waals surface area contributed by atoms with Crippen LogP contribution in [0.3, 0.4) is 0 Å². The van der Waals surface area contributed by atoms with Crippen molar-refractivity contribution >= 4 is 15.9 Å². The normalized spacial score (nSPS) is 12.2. The lowest BCUT2D eigenvalue weighted by atomic mass is 9.99. The van der Waals surface area contributed by atoms with Crippen molar-refractivity contribution in [3.63, 3.8) is 0 Å². The van der Waals surface area contributed by atoms with E-state index in [9.17, 15) is 4.39 Å². The Balaban J connectivity index is 1.98. The van der Waals surface area contributed by atoms with Gasteiger partial charge in [0.25, 0.3) is 0 Å². The standard InChI is InChI=1S/C17H18BrFO/c1-3-12(2)14-5-7-15(8-6-14)20-11-13-4-9-17(19)16(18)10-13/h4-10,12H,3,11H2,1-2H3. The lowest BCUT2D eigenvalue weighted by Crippen LogP contribution is -1.97. The molecule has 2 aromatic rings. The third kappa shape index (κ3) is 3.83. The van der Waals surface area contributed by atoms with E-state index in [4.69, 9.17) is 4.74 Å². The second kappa shape index (κ2) is 6.89. The first kappa shape index (κ1) is 15.0. The van der Waals surface area contributed by atoms with Gasteiger partial charge in [0.05, 0.1) is 4.47 Å². The largest absolute Gasteiger partial charge is 0.489 e. The first-order chi connectivity index (χ1) is 9.60. The minimum atomic E-state index is -0.258. The fourth-order valence-electron chi connectivity index (χ4n) is 1.92. The van der Waals surface area contributed by atoms with Crippen LogP contribution in [0.5, 0.6) is 5.75 Å². The molecule has 0 spiro atoms. The predicted molar refractivity (Wildman–Crippen MR) is 83.6 cm³/mol. The zero-order valence-corrected chi connectivity index (χ0v) is 13.3. The lowest BCUT2D eigenvalue weighted by molar-refractivity contribution is 0.306. The van der Waals surface area contributed by atoms with Crippen LogP contribution in [0.25, 0.3) is 0 Å². The third-order valence-electron chi connectivity index (χ3n) is 3.45. The van der Waals surface area contributed by atoms with Crippen LogP contribution in [0.15, 0.2) is 46.9 Å². The maximum atomic E-state index is 13.1. The van der Waals surface area contributed by atoms with Crippen molar-refractivity contribution < 1.29 is 9.13 Å². The Morgan fingerprint density at radius 1 is 1.15 bits per heavy atom. The van der Waals surface area contributed by atoms with Crippen molar-refractivity contribution in [2.75, 3.05) is 0 Å². The molecule has 20 heavy (non-hydrogen) atoms. The van der Waals surface area contributed by atoms with Gasteiger partial charge in [0.2, 0.25) is 0 Å². The number of hydrogen-bond acceptors (Lipinski definition) is 1. The fourth-order valence-corrected chi connectivity index (χ4v) is 2.35. The Labute approximate surface area is 127 Å². The number of rotatable bonds is 5. The van der Waals surface area contributed by atoms with Crippen LogP contribution in [-0.4, -0.2) is 0 Å². The van der Waals surface area contributed by atoms with Crippen LogP contribution in [0.4, 0.5) is 4.39 Å². The van der Waals surface area contributed by atoms with Gasteiger partial charge in [0.1, 0.15) is 18.2 Å². The average Bonchev–Trinajstić information content (AvgIpc) is 2.48. The van der Waals surface area contributed by atoms with E-state index < -0.39 is 0 Å². The van der Waals surface area contributed by atoms with E-state index >= 15 is 0 Å². The molecule has 0 aliphatic heterocycles.